The molecule has 104 valence electrons. The van der Waals surface area contributed by atoms with Gasteiger partial charge in [-0.25, -0.2) is 10.1 Å². The molecule has 0 atom stereocenters. The highest BCUT2D eigenvalue weighted by atomic mass is 16.2. The summed E-state index contributed by atoms with van der Waals surface area (Å²) in [6.07, 6.45) is 2.49. The van der Waals surface area contributed by atoms with E-state index in [0.29, 0.717) is 5.56 Å². The standard InChI is InChI=1S/C13H15N5O2/c1-2-7-14-10-4-3-9(8-15-10)13(20)16-11-5-6-12(19)18-17-11/h3-6,8H,2,7H2,1H3,(H,14,15)(H,18,19)(H,16,17,20). The van der Waals surface area contributed by atoms with Gasteiger partial charge in [-0.3, -0.25) is 9.59 Å². The van der Waals surface area contributed by atoms with Gasteiger partial charge in [0.2, 0.25) is 0 Å². The van der Waals surface area contributed by atoms with Crippen LogP contribution in [0.3, 0.4) is 0 Å². The highest BCUT2D eigenvalue weighted by Gasteiger charge is 2.07. The van der Waals surface area contributed by atoms with Crippen LogP contribution in [0.5, 0.6) is 0 Å². The Kier molecular flexibility index (Phi) is 4.43. The Bertz CT molecular complexity index is 615. The average molecular weight is 273 g/mol. The number of aromatic amines is 1. The summed E-state index contributed by atoms with van der Waals surface area (Å²) in [6.45, 7) is 2.89. The van der Waals surface area contributed by atoms with E-state index >= 15 is 0 Å². The Labute approximate surface area is 115 Å². The molecule has 0 saturated carbocycles. The van der Waals surface area contributed by atoms with Gasteiger partial charge in [-0.15, -0.1) is 0 Å². The molecular formula is C13H15N5O2. The minimum atomic E-state index is -0.334. The molecule has 2 aromatic heterocycles. The monoisotopic (exact) mass is 273 g/mol. The van der Waals surface area contributed by atoms with E-state index < -0.39 is 0 Å². The van der Waals surface area contributed by atoms with E-state index in [4.69, 9.17) is 0 Å². The van der Waals surface area contributed by atoms with E-state index in [1.807, 2.05) is 0 Å². The van der Waals surface area contributed by atoms with Crippen molar-refractivity contribution in [3.05, 3.63) is 46.4 Å². The lowest BCUT2D eigenvalue weighted by Crippen LogP contribution is -2.16. The van der Waals surface area contributed by atoms with Crippen molar-refractivity contribution in [2.45, 2.75) is 13.3 Å². The third-order valence-electron chi connectivity index (χ3n) is 2.50. The van der Waals surface area contributed by atoms with Crippen LogP contribution in [0.1, 0.15) is 23.7 Å². The molecule has 20 heavy (non-hydrogen) atoms. The van der Waals surface area contributed by atoms with E-state index in [1.165, 1.54) is 18.3 Å². The fourth-order valence-electron chi connectivity index (χ4n) is 1.49. The SMILES string of the molecule is CCCNc1ccc(C(=O)Nc2ccc(=O)[nH]n2)cn1. The number of nitrogens with zero attached hydrogens (tertiary/aromatic N) is 2. The van der Waals surface area contributed by atoms with Crippen molar-refractivity contribution >= 4 is 17.5 Å². The lowest BCUT2D eigenvalue weighted by Gasteiger charge is -2.05. The van der Waals surface area contributed by atoms with E-state index in [-0.39, 0.29) is 17.3 Å². The Morgan fingerprint density at radius 1 is 1.25 bits per heavy atom. The second-order valence-corrected chi connectivity index (χ2v) is 4.12. The minimum Gasteiger partial charge on any atom is -0.370 e. The van der Waals surface area contributed by atoms with Crippen LogP contribution >= 0.6 is 0 Å². The largest absolute Gasteiger partial charge is 0.370 e. The second-order valence-electron chi connectivity index (χ2n) is 4.12. The smallest absolute Gasteiger partial charge is 0.264 e. The predicted octanol–water partition coefficient (Wildman–Crippen LogP) is 1.24. The van der Waals surface area contributed by atoms with Crippen molar-refractivity contribution in [3.63, 3.8) is 0 Å². The van der Waals surface area contributed by atoms with E-state index in [2.05, 4.69) is 32.7 Å². The summed E-state index contributed by atoms with van der Waals surface area (Å²) in [6, 6.07) is 6.14. The third-order valence-corrected chi connectivity index (χ3v) is 2.50. The van der Waals surface area contributed by atoms with Crippen molar-refractivity contribution in [1.82, 2.24) is 15.2 Å². The van der Waals surface area contributed by atoms with Gasteiger partial charge in [0.1, 0.15) is 5.82 Å². The van der Waals surface area contributed by atoms with Gasteiger partial charge in [0, 0.05) is 18.8 Å². The fraction of sp³-hybridized carbons (Fsp3) is 0.231. The van der Waals surface area contributed by atoms with Crippen molar-refractivity contribution in [3.8, 4) is 0 Å². The number of H-pyrrole nitrogens is 1. The number of anilines is 2. The molecule has 0 aliphatic heterocycles. The van der Waals surface area contributed by atoms with Gasteiger partial charge in [0.05, 0.1) is 5.56 Å². The van der Waals surface area contributed by atoms with E-state index in [9.17, 15) is 9.59 Å². The molecule has 0 aliphatic rings. The van der Waals surface area contributed by atoms with Crippen molar-refractivity contribution in [1.29, 1.82) is 0 Å². The normalized spacial score (nSPS) is 10.1. The quantitative estimate of drug-likeness (QED) is 0.761. The topological polar surface area (TPSA) is 99.8 Å². The first-order chi connectivity index (χ1) is 9.69. The average Bonchev–Trinajstić information content (AvgIpc) is 2.48. The number of hydrogen-bond acceptors (Lipinski definition) is 5. The third kappa shape index (κ3) is 3.64. The van der Waals surface area contributed by atoms with Crippen LogP contribution in [0, 0.1) is 0 Å². The Balaban J connectivity index is 2.01. The molecule has 3 N–H and O–H groups in total. The molecule has 7 heteroatoms. The molecule has 1 amide bonds. The number of carbonyl (C=O) groups excluding carboxylic acids is 1. The predicted molar refractivity (Wildman–Crippen MR) is 75.8 cm³/mol. The summed E-state index contributed by atoms with van der Waals surface area (Å²) in [7, 11) is 0. The van der Waals surface area contributed by atoms with Crippen LogP contribution in [0.2, 0.25) is 0 Å². The zero-order valence-electron chi connectivity index (χ0n) is 11.0. The van der Waals surface area contributed by atoms with Gasteiger partial charge in [0.15, 0.2) is 5.82 Å². The van der Waals surface area contributed by atoms with Crippen LogP contribution in [0.15, 0.2) is 35.3 Å². The van der Waals surface area contributed by atoms with Crippen molar-refractivity contribution in [2.75, 3.05) is 17.2 Å². The lowest BCUT2D eigenvalue weighted by atomic mass is 10.2. The first-order valence-corrected chi connectivity index (χ1v) is 6.26. The molecule has 0 saturated heterocycles. The minimum absolute atomic E-state index is 0.280. The van der Waals surface area contributed by atoms with Gasteiger partial charge in [-0.05, 0) is 24.6 Å². The summed E-state index contributed by atoms with van der Waals surface area (Å²) in [5, 5.41) is 11.6. The molecule has 0 aromatic carbocycles. The van der Waals surface area contributed by atoms with Gasteiger partial charge < -0.3 is 10.6 Å². The number of pyridine rings is 1. The van der Waals surface area contributed by atoms with Gasteiger partial charge in [0.25, 0.3) is 11.5 Å². The molecule has 2 rings (SSSR count). The molecule has 2 aromatic rings. The maximum Gasteiger partial charge on any atom is 0.264 e. The van der Waals surface area contributed by atoms with E-state index in [0.717, 1.165) is 18.8 Å². The molecule has 2 heterocycles. The zero-order valence-corrected chi connectivity index (χ0v) is 11.0. The molecule has 0 spiro atoms. The van der Waals surface area contributed by atoms with Crippen molar-refractivity contribution < 1.29 is 4.79 Å². The summed E-state index contributed by atoms with van der Waals surface area (Å²) in [5.74, 6) is 0.674. The van der Waals surface area contributed by atoms with E-state index in [1.54, 1.807) is 12.1 Å². The molecular weight excluding hydrogens is 258 g/mol. The molecule has 0 fully saturated rings. The molecule has 0 aliphatic carbocycles. The molecule has 0 radical (unpaired) electrons. The lowest BCUT2D eigenvalue weighted by molar-refractivity contribution is 0.102. The highest BCUT2D eigenvalue weighted by Crippen LogP contribution is 2.07. The first-order valence-electron chi connectivity index (χ1n) is 6.26. The molecule has 0 bridgehead atoms. The fourth-order valence-corrected chi connectivity index (χ4v) is 1.49. The second kappa shape index (κ2) is 6.46. The molecule has 0 unspecified atom stereocenters. The summed E-state index contributed by atoms with van der Waals surface area (Å²) in [5.41, 5.74) is 0.0936. The Hall–Kier alpha value is -2.70. The van der Waals surface area contributed by atoms with Gasteiger partial charge in [-0.2, -0.15) is 5.10 Å². The van der Waals surface area contributed by atoms with Crippen LogP contribution in [0.4, 0.5) is 11.6 Å². The maximum absolute atomic E-state index is 11.9. The molecule has 7 nitrogen and oxygen atoms in total. The Morgan fingerprint density at radius 3 is 2.65 bits per heavy atom. The van der Waals surface area contributed by atoms with Crippen LogP contribution < -0.4 is 16.2 Å². The van der Waals surface area contributed by atoms with Crippen molar-refractivity contribution in [2.24, 2.45) is 0 Å². The maximum atomic E-state index is 11.9. The van der Waals surface area contributed by atoms with Crippen LogP contribution in [0.25, 0.3) is 0 Å². The number of aromatic nitrogens is 3. The summed E-state index contributed by atoms with van der Waals surface area (Å²) in [4.78, 5) is 26.9. The number of carbonyl (C=O) groups is 1. The highest BCUT2D eigenvalue weighted by molar-refractivity contribution is 6.03. The number of nitrogens with one attached hydrogen (secondary N) is 3. The zero-order chi connectivity index (χ0) is 14.4. The first kappa shape index (κ1) is 13.7. The number of rotatable bonds is 5. The summed E-state index contributed by atoms with van der Waals surface area (Å²) < 4.78 is 0. The number of amides is 1. The number of hydrogen-bond donors (Lipinski definition) is 3. The van der Waals surface area contributed by atoms with Gasteiger partial charge >= 0.3 is 0 Å². The summed E-state index contributed by atoms with van der Waals surface area (Å²) >= 11 is 0. The Morgan fingerprint density at radius 2 is 2.05 bits per heavy atom. The van der Waals surface area contributed by atoms with Crippen LogP contribution in [-0.2, 0) is 0 Å². The van der Waals surface area contributed by atoms with Crippen LogP contribution in [-0.4, -0.2) is 27.6 Å². The van der Waals surface area contributed by atoms with Gasteiger partial charge in [-0.1, -0.05) is 6.92 Å².